The van der Waals surface area contributed by atoms with Gasteiger partial charge in [0.1, 0.15) is 0 Å². The minimum absolute atomic E-state index is 0.0109. The lowest BCUT2D eigenvalue weighted by molar-refractivity contribution is -0.208. The van der Waals surface area contributed by atoms with E-state index in [0.29, 0.717) is 12.5 Å². The van der Waals surface area contributed by atoms with Crippen molar-refractivity contribution < 1.29 is 9.53 Å². The molecule has 2 fully saturated rings. The molecule has 0 heterocycles. The van der Waals surface area contributed by atoms with E-state index < -0.39 is 0 Å². The van der Waals surface area contributed by atoms with Gasteiger partial charge in [0.15, 0.2) is 0 Å². The molecular weight excluding hydrogens is 252 g/mol. The maximum atomic E-state index is 12.8. The molecule has 2 saturated carbocycles. The topological polar surface area (TPSA) is 55.6 Å². The average Bonchev–Trinajstić information content (AvgIpc) is 2.90. The van der Waals surface area contributed by atoms with Gasteiger partial charge in [-0.05, 0) is 38.6 Å². The monoisotopic (exact) mass is 282 g/mol. The van der Waals surface area contributed by atoms with E-state index in [0.717, 1.165) is 25.7 Å². The molecule has 4 nitrogen and oxygen atoms in total. The molecule has 0 spiro atoms. The van der Waals surface area contributed by atoms with E-state index in [1.165, 1.54) is 0 Å². The lowest BCUT2D eigenvalue weighted by atomic mass is 9.55. The van der Waals surface area contributed by atoms with Crippen LogP contribution in [0.1, 0.15) is 46.5 Å². The van der Waals surface area contributed by atoms with Crippen LogP contribution in [0.15, 0.2) is 0 Å². The van der Waals surface area contributed by atoms with Crippen molar-refractivity contribution in [2.45, 2.75) is 58.1 Å². The Labute approximate surface area is 123 Å². The number of hydrogen-bond donors (Lipinski definition) is 1. The Hall–Kier alpha value is -0.610. The fourth-order valence-corrected chi connectivity index (χ4v) is 4.14. The lowest BCUT2D eigenvalue weighted by Gasteiger charge is -2.61. The van der Waals surface area contributed by atoms with Crippen LogP contribution in [0.2, 0.25) is 0 Å². The highest BCUT2D eigenvalue weighted by atomic mass is 16.5. The van der Waals surface area contributed by atoms with E-state index in [1.807, 2.05) is 11.9 Å². The zero-order chi connectivity index (χ0) is 15.1. The van der Waals surface area contributed by atoms with Gasteiger partial charge >= 0.3 is 0 Å². The van der Waals surface area contributed by atoms with Gasteiger partial charge in [-0.1, -0.05) is 20.3 Å². The average molecular weight is 282 g/mol. The number of nitrogens with two attached hydrogens (primary N) is 1. The molecule has 4 atom stereocenters. The van der Waals surface area contributed by atoms with Gasteiger partial charge in [-0.2, -0.15) is 0 Å². The molecule has 4 heteroatoms. The molecule has 2 aliphatic carbocycles. The number of nitrogens with zero attached hydrogens (tertiary/aromatic N) is 1. The molecule has 2 unspecified atom stereocenters. The molecule has 0 aromatic carbocycles. The number of methoxy groups -OCH3 is 1. The van der Waals surface area contributed by atoms with Gasteiger partial charge in [0.05, 0.1) is 5.60 Å². The number of rotatable bonds is 4. The number of carbonyl (C=O) groups excluding carboxylic acids is 1. The lowest BCUT2D eigenvalue weighted by Crippen LogP contribution is -2.69. The summed E-state index contributed by atoms with van der Waals surface area (Å²) in [6.45, 7) is 7.17. The second kappa shape index (κ2) is 5.30. The number of carbonyl (C=O) groups is 1. The summed E-state index contributed by atoms with van der Waals surface area (Å²) in [6, 6.07) is 0.263. The largest absolute Gasteiger partial charge is 0.378 e. The van der Waals surface area contributed by atoms with Crippen molar-refractivity contribution in [1.29, 1.82) is 0 Å². The molecule has 0 aromatic heterocycles. The molecule has 116 valence electrons. The summed E-state index contributed by atoms with van der Waals surface area (Å²) < 4.78 is 5.66. The zero-order valence-corrected chi connectivity index (χ0v) is 13.6. The highest BCUT2D eigenvalue weighted by molar-refractivity contribution is 5.80. The van der Waals surface area contributed by atoms with E-state index in [-0.39, 0.29) is 28.9 Å². The molecular formula is C16H30N2O2. The standard InChI is InChI=1S/C16H30N2O2/c1-15(2)13(9-16(15,3)20-5)18(4)14(19)12-8-6-7-11(12)10-17/h11-13H,6-10,17H2,1-5H3/t11-,12-,13?,16?/m1/s1. The quantitative estimate of drug-likeness (QED) is 0.858. The van der Waals surface area contributed by atoms with Gasteiger partial charge in [0.25, 0.3) is 0 Å². The van der Waals surface area contributed by atoms with Crippen molar-refractivity contribution >= 4 is 5.91 Å². The number of amides is 1. The number of ether oxygens (including phenoxy) is 1. The minimum Gasteiger partial charge on any atom is -0.378 e. The van der Waals surface area contributed by atoms with E-state index in [1.54, 1.807) is 7.11 Å². The Morgan fingerprint density at radius 1 is 1.35 bits per heavy atom. The minimum atomic E-state index is -0.130. The second-order valence-electron chi connectivity index (χ2n) is 7.36. The summed E-state index contributed by atoms with van der Waals surface area (Å²) in [4.78, 5) is 14.7. The van der Waals surface area contributed by atoms with Crippen molar-refractivity contribution in [2.75, 3.05) is 20.7 Å². The van der Waals surface area contributed by atoms with Gasteiger partial charge < -0.3 is 15.4 Å². The van der Waals surface area contributed by atoms with Crippen LogP contribution in [-0.2, 0) is 9.53 Å². The normalized spacial score (nSPS) is 39.4. The summed E-state index contributed by atoms with van der Waals surface area (Å²) >= 11 is 0. The third-order valence-corrected chi connectivity index (χ3v) is 6.32. The molecule has 0 aromatic rings. The van der Waals surface area contributed by atoms with Crippen LogP contribution in [0.25, 0.3) is 0 Å². The van der Waals surface area contributed by atoms with Crippen molar-refractivity contribution in [2.24, 2.45) is 23.0 Å². The van der Waals surface area contributed by atoms with Crippen LogP contribution >= 0.6 is 0 Å². The fraction of sp³-hybridized carbons (Fsp3) is 0.938. The summed E-state index contributed by atoms with van der Waals surface area (Å²) in [5.74, 6) is 0.798. The first-order valence-electron chi connectivity index (χ1n) is 7.80. The summed E-state index contributed by atoms with van der Waals surface area (Å²) in [7, 11) is 3.72. The molecule has 20 heavy (non-hydrogen) atoms. The first-order chi connectivity index (χ1) is 9.28. The SMILES string of the molecule is COC1(C)CC(N(C)C(=O)[C@@H]2CCC[C@@H]2CN)C1(C)C. The van der Waals surface area contributed by atoms with Crippen molar-refractivity contribution in [1.82, 2.24) is 4.90 Å². The summed E-state index contributed by atoms with van der Waals surface area (Å²) in [5.41, 5.74) is 5.67. The molecule has 1 amide bonds. The van der Waals surface area contributed by atoms with Crippen LogP contribution < -0.4 is 5.73 Å². The molecule has 0 bridgehead atoms. The van der Waals surface area contributed by atoms with Crippen molar-refractivity contribution in [3.63, 3.8) is 0 Å². The highest BCUT2D eigenvalue weighted by Crippen LogP contribution is 2.54. The Morgan fingerprint density at radius 2 is 2.00 bits per heavy atom. The molecule has 0 saturated heterocycles. The fourth-order valence-electron chi connectivity index (χ4n) is 4.14. The van der Waals surface area contributed by atoms with E-state index >= 15 is 0 Å². The van der Waals surface area contributed by atoms with Gasteiger partial charge in [-0.25, -0.2) is 0 Å². The molecule has 2 rings (SSSR count). The maximum Gasteiger partial charge on any atom is 0.226 e. The summed E-state index contributed by atoms with van der Waals surface area (Å²) in [6.07, 6.45) is 4.15. The smallest absolute Gasteiger partial charge is 0.226 e. The predicted octanol–water partition coefficient (Wildman–Crippen LogP) is 2.02. The molecule has 2 N–H and O–H groups in total. The van der Waals surface area contributed by atoms with Gasteiger partial charge in [0.2, 0.25) is 5.91 Å². The zero-order valence-electron chi connectivity index (χ0n) is 13.6. The third-order valence-electron chi connectivity index (χ3n) is 6.32. The van der Waals surface area contributed by atoms with Crippen molar-refractivity contribution in [3.05, 3.63) is 0 Å². The third kappa shape index (κ3) is 2.17. The first kappa shape index (κ1) is 15.8. The van der Waals surface area contributed by atoms with E-state index in [2.05, 4.69) is 20.8 Å². The van der Waals surface area contributed by atoms with Crippen LogP contribution in [0.5, 0.6) is 0 Å². The van der Waals surface area contributed by atoms with Crippen LogP contribution in [0.3, 0.4) is 0 Å². The maximum absolute atomic E-state index is 12.8. The van der Waals surface area contributed by atoms with Crippen LogP contribution in [0, 0.1) is 17.3 Å². The highest BCUT2D eigenvalue weighted by Gasteiger charge is 2.60. The van der Waals surface area contributed by atoms with Crippen molar-refractivity contribution in [3.8, 4) is 0 Å². The van der Waals surface area contributed by atoms with E-state index in [9.17, 15) is 4.79 Å². The van der Waals surface area contributed by atoms with Gasteiger partial charge in [-0.15, -0.1) is 0 Å². The van der Waals surface area contributed by atoms with Crippen LogP contribution in [0.4, 0.5) is 0 Å². The van der Waals surface area contributed by atoms with Crippen LogP contribution in [-0.4, -0.2) is 43.2 Å². The Balaban J connectivity index is 2.06. The van der Waals surface area contributed by atoms with Gasteiger partial charge in [0, 0.05) is 31.5 Å². The first-order valence-corrected chi connectivity index (χ1v) is 7.80. The predicted molar refractivity (Wildman–Crippen MR) is 80.3 cm³/mol. The molecule has 2 aliphatic rings. The Kier molecular flexibility index (Phi) is 4.18. The summed E-state index contributed by atoms with van der Waals surface area (Å²) in [5, 5.41) is 0. The molecule has 0 aliphatic heterocycles. The molecule has 0 radical (unpaired) electrons. The number of hydrogen-bond acceptors (Lipinski definition) is 3. The van der Waals surface area contributed by atoms with Gasteiger partial charge in [-0.3, -0.25) is 4.79 Å². The van der Waals surface area contributed by atoms with E-state index in [4.69, 9.17) is 10.5 Å². The Morgan fingerprint density at radius 3 is 2.50 bits per heavy atom. The second-order valence-corrected chi connectivity index (χ2v) is 7.36. The Bertz CT molecular complexity index is 383.